The molecule has 5 nitrogen and oxygen atoms in total. The van der Waals surface area contributed by atoms with E-state index in [1.54, 1.807) is 4.68 Å². The number of benzene rings is 2. The molecule has 1 aromatic heterocycles. The summed E-state index contributed by atoms with van der Waals surface area (Å²) < 4.78 is 1.80. The van der Waals surface area contributed by atoms with Gasteiger partial charge in [-0.15, -0.1) is 5.10 Å². The number of hydrogen-bond donors (Lipinski definition) is 1. The maximum atomic E-state index is 5.69. The van der Waals surface area contributed by atoms with Crippen molar-refractivity contribution in [2.24, 2.45) is 0 Å². The van der Waals surface area contributed by atoms with Crippen molar-refractivity contribution >= 4 is 5.69 Å². The Morgan fingerprint density at radius 3 is 2.55 bits per heavy atom. The van der Waals surface area contributed by atoms with Crippen molar-refractivity contribution in [1.29, 1.82) is 0 Å². The molecule has 0 saturated carbocycles. The molecule has 0 aliphatic heterocycles. The molecular weight excluding hydrogens is 250 g/mol. The molecule has 0 spiro atoms. The Morgan fingerprint density at radius 1 is 1.05 bits per heavy atom. The number of tetrazole rings is 1. The molecule has 0 amide bonds. The van der Waals surface area contributed by atoms with Crippen LogP contribution in [-0.2, 0) is 6.54 Å². The van der Waals surface area contributed by atoms with Crippen molar-refractivity contribution in [3.05, 3.63) is 59.7 Å². The van der Waals surface area contributed by atoms with Gasteiger partial charge in [0.2, 0.25) is 0 Å². The first-order chi connectivity index (χ1) is 9.74. The second-order valence-electron chi connectivity index (χ2n) is 4.72. The molecule has 0 radical (unpaired) electrons. The number of anilines is 1. The number of nitrogens with two attached hydrogens (primary N) is 1. The van der Waals surface area contributed by atoms with Gasteiger partial charge in [-0.25, -0.2) is 4.68 Å². The molecule has 0 bridgehead atoms. The van der Waals surface area contributed by atoms with E-state index >= 15 is 0 Å². The third-order valence-electron chi connectivity index (χ3n) is 3.23. The minimum atomic E-state index is 0.622. The van der Waals surface area contributed by atoms with E-state index in [4.69, 9.17) is 5.73 Å². The summed E-state index contributed by atoms with van der Waals surface area (Å²) in [7, 11) is 0. The van der Waals surface area contributed by atoms with Crippen LogP contribution in [0.3, 0.4) is 0 Å². The van der Waals surface area contributed by atoms with Gasteiger partial charge in [0.25, 0.3) is 0 Å². The lowest BCUT2D eigenvalue weighted by Gasteiger charge is -2.07. The van der Waals surface area contributed by atoms with E-state index in [0.29, 0.717) is 6.54 Å². The number of nitrogens with zero attached hydrogens (tertiary/aromatic N) is 4. The van der Waals surface area contributed by atoms with Crippen LogP contribution >= 0.6 is 0 Å². The third-order valence-corrected chi connectivity index (χ3v) is 3.23. The summed E-state index contributed by atoms with van der Waals surface area (Å²) in [4.78, 5) is 0. The third kappa shape index (κ3) is 2.38. The Hall–Kier alpha value is -2.69. The lowest BCUT2D eigenvalue weighted by Crippen LogP contribution is -2.05. The van der Waals surface area contributed by atoms with E-state index in [9.17, 15) is 0 Å². The van der Waals surface area contributed by atoms with Crippen LogP contribution in [0.2, 0.25) is 0 Å². The van der Waals surface area contributed by atoms with Crippen LogP contribution in [0.25, 0.3) is 11.4 Å². The van der Waals surface area contributed by atoms with Gasteiger partial charge in [-0.2, -0.15) is 0 Å². The molecule has 0 fully saturated rings. The highest BCUT2D eigenvalue weighted by Crippen LogP contribution is 2.20. The van der Waals surface area contributed by atoms with Crippen LogP contribution in [0, 0.1) is 6.92 Å². The first-order valence-electron chi connectivity index (χ1n) is 6.40. The van der Waals surface area contributed by atoms with E-state index in [1.165, 1.54) is 0 Å². The molecule has 0 aliphatic carbocycles. The predicted molar refractivity (Wildman–Crippen MR) is 77.9 cm³/mol. The zero-order valence-corrected chi connectivity index (χ0v) is 11.2. The second-order valence-corrected chi connectivity index (χ2v) is 4.72. The Morgan fingerprint density at radius 2 is 1.80 bits per heavy atom. The van der Waals surface area contributed by atoms with E-state index < -0.39 is 0 Å². The van der Waals surface area contributed by atoms with Crippen LogP contribution < -0.4 is 5.73 Å². The predicted octanol–water partition coefficient (Wildman–Crippen LogP) is 2.28. The van der Waals surface area contributed by atoms with Gasteiger partial charge in [0.05, 0.1) is 6.54 Å². The Labute approximate surface area is 117 Å². The largest absolute Gasteiger partial charge is 0.399 e. The molecule has 5 heteroatoms. The molecule has 20 heavy (non-hydrogen) atoms. The molecule has 2 N–H and O–H groups in total. The summed E-state index contributed by atoms with van der Waals surface area (Å²) in [5, 5.41) is 12.0. The highest BCUT2D eigenvalue weighted by Gasteiger charge is 2.11. The lowest BCUT2D eigenvalue weighted by molar-refractivity contribution is 0.653. The van der Waals surface area contributed by atoms with Crippen LogP contribution in [0.5, 0.6) is 0 Å². The number of rotatable bonds is 3. The summed E-state index contributed by atoms with van der Waals surface area (Å²) in [6, 6.07) is 15.8. The van der Waals surface area contributed by atoms with Gasteiger partial charge in [-0.1, -0.05) is 36.4 Å². The SMILES string of the molecule is Cc1ccccc1-c1nnnn1Cc1ccc(N)cc1. The average molecular weight is 265 g/mol. The first kappa shape index (κ1) is 12.3. The average Bonchev–Trinajstić information content (AvgIpc) is 2.90. The standard InChI is InChI=1S/C15H15N5/c1-11-4-2-3-5-14(11)15-17-18-19-20(15)10-12-6-8-13(16)9-7-12/h2-9H,10,16H2,1H3. The number of aryl methyl sites for hydroxylation is 1. The Balaban J connectivity index is 1.95. The van der Waals surface area contributed by atoms with Crippen molar-refractivity contribution in [2.45, 2.75) is 13.5 Å². The van der Waals surface area contributed by atoms with E-state index in [-0.39, 0.29) is 0 Å². The molecule has 3 rings (SSSR count). The van der Waals surface area contributed by atoms with Crippen molar-refractivity contribution in [3.8, 4) is 11.4 Å². The van der Waals surface area contributed by atoms with Crippen LogP contribution in [-0.4, -0.2) is 20.2 Å². The molecule has 3 aromatic rings. The van der Waals surface area contributed by atoms with Gasteiger partial charge in [-0.05, 0) is 40.6 Å². The van der Waals surface area contributed by atoms with Gasteiger partial charge in [0.15, 0.2) is 5.82 Å². The van der Waals surface area contributed by atoms with Crippen molar-refractivity contribution in [1.82, 2.24) is 20.2 Å². The van der Waals surface area contributed by atoms with Gasteiger partial charge in [0.1, 0.15) is 0 Å². The summed E-state index contributed by atoms with van der Waals surface area (Å²) in [6.07, 6.45) is 0. The topological polar surface area (TPSA) is 69.6 Å². The fourth-order valence-electron chi connectivity index (χ4n) is 2.12. The zero-order valence-electron chi connectivity index (χ0n) is 11.2. The molecule has 0 saturated heterocycles. The van der Waals surface area contributed by atoms with Crippen LogP contribution in [0.1, 0.15) is 11.1 Å². The van der Waals surface area contributed by atoms with Gasteiger partial charge >= 0.3 is 0 Å². The maximum absolute atomic E-state index is 5.69. The normalized spacial score (nSPS) is 10.7. The zero-order chi connectivity index (χ0) is 13.9. The van der Waals surface area contributed by atoms with Gasteiger partial charge in [0, 0.05) is 11.3 Å². The van der Waals surface area contributed by atoms with Crippen LogP contribution in [0.15, 0.2) is 48.5 Å². The molecular formula is C15H15N5. The summed E-state index contributed by atoms with van der Waals surface area (Å²) >= 11 is 0. The quantitative estimate of drug-likeness (QED) is 0.738. The maximum Gasteiger partial charge on any atom is 0.182 e. The van der Waals surface area contributed by atoms with E-state index in [0.717, 1.165) is 28.2 Å². The van der Waals surface area contributed by atoms with Gasteiger partial charge in [-0.3, -0.25) is 0 Å². The molecule has 0 aliphatic rings. The highest BCUT2D eigenvalue weighted by molar-refractivity contribution is 5.59. The minimum Gasteiger partial charge on any atom is -0.399 e. The van der Waals surface area contributed by atoms with Crippen molar-refractivity contribution < 1.29 is 0 Å². The fraction of sp³-hybridized carbons (Fsp3) is 0.133. The number of nitrogen functional groups attached to an aromatic ring is 1. The molecule has 100 valence electrons. The van der Waals surface area contributed by atoms with Gasteiger partial charge < -0.3 is 5.73 Å². The Kier molecular flexibility index (Phi) is 3.16. The molecule has 0 unspecified atom stereocenters. The minimum absolute atomic E-state index is 0.622. The number of hydrogen-bond acceptors (Lipinski definition) is 4. The Bertz CT molecular complexity index is 715. The highest BCUT2D eigenvalue weighted by atomic mass is 15.5. The molecule has 0 atom stereocenters. The van der Waals surface area contributed by atoms with E-state index in [1.807, 2.05) is 42.5 Å². The van der Waals surface area contributed by atoms with Crippen molar-refractivity contribution in [3.63, 3.8) is 0 Å². The van der Waals surface area contributed by atoms with E-state index in [2.05, 4.69) is 28.5 Å². The first-order valence-corrected chi connectivity index (χ1v) is 6.40. The smallest absolute Gasteiger partial charge is 0.182 e. The fourth-order valence-corrected chi connectivity index (χ4v) is 2.12. The number of aromatic nitrogens is 4. The summed E-state index contributed by atoms with van der Waals surface area (Å²) in [5.41, 5.74) is 9.76. The van der Waals surface area contributed by atoms with Crippen LogP contribution in [0.4, 0.5) is 5.69 Å². The summed E-state index contributed by atoms with van der Waals surface area (Å²) in [5.74, 6) is 0.778. The molecule has 2 aromatic carbocycles. The summed E-state index contributed by atoms with van der Waals surface area (Å²) in [6.45, 7) is 2.68. The van der Waals surface area contributed by atoms with Crippen molar-refractivity contribution in [2.75, 3.05) is 5.73 Å². The molecule has 1 heterocycles. The second kappa shape index (κ2) is 5.13. The monoisotopic (exact) mass is 265 g/mol. The lowest BCUT2D eigenvalue weighted by atomic mass is 10.1.